The summed E-state index contributed by atoms with van der Waals surface area (Å²) in [4.78, 5) is 16.4. The number of carbonyl (C=O) groups excluding carboxylic acids is 1. The van der Waals surface area contributed by atoms with E-state index in [1.54, 1.807) is 0 Å². The van der Waals surface area contributed by atoms with E-state index in [4.69, 9.17) is 17.3 Å². The number of hydrogen-bond acceptors (Lipinski definition) is 3. The summed E-state index contributed by atoms with van der Waals surface area (Å²) in [5.41, 5.74) is 7.82. The number of halogens is 3. The van der Waals surface area contributed by atoms with Crippen molar-refractivity contribution in [3.05, 3.63) is 28.8 Å². The number of piperazine rings is 1. The molecule has 1 amide bonds. The first kappa shape index (κ1) is 19.4. The van der Waals surface area contributed by atoms with E-state index in [-0.39, 0.29) is 30.7 Å². The van der Waals surface area contributed by atoms with Crippen LogP contribution in [0.4, 0.5) is 5.69 Å². The van der Waals surface area contributed by atoms with Crippen molar-refractivity contribution >= 4 is 48.0 Å². The molecule has 22 heavy (non-hydrogen) atoms. The first-order chi connectivity index (χ1) is 9.49. The smallest absolute Gasteiger partial charge is 0.242 e. The second kappa shape index (κ2) is 7.26. The Labute approximate surface area is 148 Å². The van der Waals surface area contributed by atoms with Crippen molar-refractivity contribution in [1.82, 2.24) is 4.90 Å². The van der Waals surface area contributed by atoms with Crippen LogP contribution in [0.25, 0.3) is 0 Å². The summed E-state index contributed by atoms with van der Waals surface area (Å²) in [7, 11) is 0. The number of hydrogen-bond donors (Lipinski definition) is 1. The second-order valence-electron chi connectivity index (χ2n) is 5.87. The number of amides is 1. The van der Waals surface area contributed by atoms with Crippen molar-refractivity contribution in [2.45, 2.75) is 25.3 Å². The quantitative estimate of drug-likeness (QED) is 0.875. The fourth-order valence-corrected chi connectivity index (χ4v) is 2.90. The van der Waals surface area contributed by atoms with Crippen LogP contribution >= 0.6 is 36.4 Å². The Balaban J connectivity index is 0.00000121. The van der Waals surface area contributed by atoms with Gasteiger partial charge in [0.25, 0.3) is 0 Å². The fraction of sp³-hybridized carbons (Fsp3) is 0.533. The Bertz CT molecular complexity index is 541. The molecular formula is C15H22Cl3N3O. The van der Waals surface area contributed by atoms with Gasteiger partial charge in [0.1, 0.15) is 0 Å². The number of carbonyl (C=O) groups is 1. The van der Waals surface area contributed by atoms with Crippen molar-refractivity contribution < 1.29 is 4.79 Å². The van der Waals surface area contributed by atoms with Crippen LogP contribution in [0.3, 0.4) is 0 Å². The first-order valence-electron chi connectivity index (χ1n) is 7.09. The molecule has 2 aliphatic rings. The molecule has 0 bridgehead atoms. The molecule has 1 saturated heterocycles. The van der Waals surface area contributed by atoms with E-state index < -0.39 is 5.54 Å². The molecule has 2 fully saturated rings. The zero-order chi connectivity index (χ0) is 14.3. The molecule has 1 aliphatic heterocycles. The SMILES string of the molecule is Cc1ccc(Cl)cc1N1CCN(C(=O)C2(N)CC2)CC1.Cl.Cl. The van der Waals surface area contributed by atoms with Gasteiger partial charge in [-0.25, -0.2) is 0 Å². The molecule has 4 nitrogen and oxygen atoms in total. The predicted octanol–water partition coefficient (Wildman–Crippen LogP) is 2.63. The van der Waals surface area contributed by atoms with E-state index in [2.05, 4.69) is 11.8 Å². The maximum absolute atomic E-state index is 12.2. The van der Waals surface area contributed by atoms with Gasteiger partial charge in [-0.05, 0) is 37.5 Å². The highest BCUT2D eigenvalue weighted by Gasteiger charge is 2.48. The summed E-state index contributed by atoms with van der Waals surface area (Å²) < 4.78 is 0. The standard InChI is InChI=1S/C15H20ClN3O.2ClH/c1-11-2-3-12(16)10-13(11)18-6-8-19(9-7-18)14(20)15(17)4-5-15;;/h2-3,10H,4-9,17H2,1H3;2*1H. The molecular weight excluding hydrogens is 345 g/mol. The highest BCUT2D eigenvalue weighted by Crippen LogP contribution is 2.34. The average molecular weight is 367 g/mol. The molecule has 3 rings (SSSR count). The van der Waals surface area contributed by atoms with Gasteiger partial charge < -0.3 is 15.5 Å². The van der Waals surface area contributed by atoms with Gasteiger partial charge in [0.05, 0.1) is 5.54 Å². The highest BCUT2D eigenvalue weighted by atomic mass is 35.5. The van der Waals surface area contributed by atoms with Gasteiger partial charge >= 0.3 is 0 Å². The van der Waals surface area contributed by atoms with Crippen molar-refractivity contribution in [3.8, 4) is 0 Å². The van der Waals surface area contributed by atoms with E-state index in [0.29, 0.717) is 0 Å². The lowest BCUT2D eigenvalue weighted by atomic mass is 10.1. The molecule has 2 N–H and O–H groups in total. The van der Waals surface area contributed by atoms with Crippen molar-refractivity contribution in [1.29, 1.82) is 0 Å². The van der Waals surface area contributed by atoms with Crippen LogP contribution in [0.5, 0.6) is 0 Å². The Hall–Kier alpha value is -0.680. The van der Waals surface area contributed by atoms with Crippen LogP contribution in [0, 0.1) is 6.92 Å². The average Bonchev–Trinajstić information content (AvgIpc) is 3.20. The summed E-state index contributed by atoms with van der Waals surface area (Å²) in [6, 6.07) is 5.94. The first-order valence-corrected chi connectivity index (χ1v) is 7.47. The molecule has 1 saturated carbocycles. The van der Waals surface area contributed by atoms with Crippen LogP contribution < -0.4 is 10.6 Å². The molecule has 124 valence electrons. The second-order valence-corrected chi connectivity index (χ2v) is 6.30. The zero-order valence-electron chi connectivity index (χ0n) is 12.5. The van der Waals surface area contributed by atoms with Gasteiger partial charge in [0, 0.05) is 36.9 Å². The van der Waals surface area contributed by atoms with Crippen molar-refractivity contribution in [3.63, 3.8) is 0 Å². The number of anilines is 1. The van der Waals surface area contributed by atoms with E-state index in [0.717, 1.165) is 44.0 Å². The molecule has 0 radical (unpaired) electrons. The summed E-state index contributed by atoms with van der Waals surface area (Å²) in [5.74, 6) is 0.125. The number of aryl methyl sites for hydroxylation is 1. The van der Waals surface area contributed by atoms with E-state index in [9.17, 15) is 4.79 Å². The number of nitrogens with two attached hydrogens (primary N) is 1. The largest absolute Gasteiger partial charge is 0.368 e. The molecule has 1 aromatic carbocycles. The molecule has 0 unspecified atom stereocenters. The van der Waals surface area contributed by atoms with Gasteiger partial charge in [-0.15, -0.1) is 24.8 Å². The molecule has 1 aromatic rings. The molecule has 0 atom stereocenters. The van der Waals surface area contributed by atoms with E-state index in [1.807, 2.05) is 23.1 Å². The van der Waals surface area contributed by atoms with Crippen LogP contribution in [0.15, 0.2) is 18.2 Å². The minimum absolute atomic E-state index is 0. The van der Waals surface area contributed by atoms with Crippen LogP contribution in [-0.4, -0.2) is 42.5 Å². The Morgan fingerprint density at radius 2 is 1.77 bits per heavy atom. The third-order valence-electron chi connectivity index (χ3n) is 4.29. The minimum atomic E-state index is -0.547. The summed E-state index contributed by atoms with van der Waals surface area (Å²) >= 11 is 6.08. The normalized spacial score (nSPS) is 19.0. The number of rotatable bonds is 2. The molecule has 7 heteroatoms. The maximum Gasteiger partial charge on any atom is 0.242 e. The molecule has 0 aromatic heterocycles. The van der Waals surface area contributed by atoms with Crippen molar-refractivity contribution in [2.24, 2.45) is 5.73 Å². The van der Waals surface area contributed by atoms with Crippen LogP contribution in [0.2, 0.25) is 5.02 Å². The van der Waals surface area contributed by atoms with Gasteiger partial charge in [-0.2, -0.15) is 0 Å². The Kier molecular flexibility index (Phi) is 6.39. The Morgan fingerprint density at radius 3 is 2.32 bits per heavy atom. The molecule has 1 heterocycles. The zero-order valence-corrected chi connectivity index (χ0v) is 14.9. The van der Waals surface area contributed by atoms with Gasteiger partial charge in [-0.3, -0.25) is 4.79 Å². The van der Waals surface area contributed by atoms with Crippen LogP contribution in [-0.2, 0) is 4.79 Å². The molecule has 1 aliphatic carbocycles. The van der Waals surface area contributed by atoms with Gasteiger partial charge in [0.15, 0.2) is 0 Å². The monoisotopic (exact) mass is 365 g/mol. The minimum Gasteiger partial charge on any atom is -0.368 e. The van der Waals surface area contributed by atoms with Gasteiger partial charge in [0.2, 0.25) is 5.91 Å². The summed E-state index contributed by atoms with van der Waals surface area (Å²) in [5, 5.41) is 0.753. The highest BCUT2D eigenvalue weighted by molar-refractivity contribution is 6.30. The maximum atomic E-state index is 12.2. The van der Waals surface area contributed by atoms with E-state index >= 15 is 0 Å². The Morgan fingerprint density at radius 1 is 1.18 bits per heavy atom. The fourth-order valence-electron chi connectivity index (χ4n) is 2.74. The van der Waals surface area contributed by atoms with Crippen LogP contribution in [0.1, 0.15) is 18.4 Å². The lowest BCUT2D eigenvalue weighted by Crippen LogP contribution is -2.54. The third-order valence-corrected chi connectivity index (χ3v) is 4.53. The number of benzene rings is 1. The molecule has 0 spiro atoms. The van der Waals surface area contributed by atoms with Crippen molar-refractivity contribution in [2.75, 3.05) is 31.1 Å². The number of nitrogens with zero attached hydrogens (tertiary/aromatic N) is 2. The predicted molar refractivity (Wildman–Crippen MR) is 95.6 cm³/mol. The lowest BCUT2D eigenvalue weighted by Gasteiger charge is -2.37. The van der Waals surface area contributed by atoms with E-state index in [1.165, 1.54) is 11.3 Å². The topological polar surface area (TPSA) is 49.6 Å². The summed E-state index contributed by atoms with van der Waals surface area (Å²) in [6.07, 6.45) is 1.67. The van der Waals surface area contributed by atoms with Gasteiger partial charge in [-0.1, -0.05) is 17.7 Å². The third kappa shape index (κ3) is 3.80. The summed E-state index contributed by atoms with van der Waals surface area (Å²) in [6.45, 7) is 5.24. The lowest BCUT2D eigenvalue weighted by molar-refractivity contribution is -0.133.